The molecule has 5 aromatic carbocycles. The number of thiophene rings is 1. The summed E-state index contributed by atoms with van der Waals surface area (Å²) in [5.41, 5.74) is 4.63. The van der Waals surface area contributed by atoms with Crippen LogP contribution in [0.2, 0.25) is 0 Å². The molecule has 2 N–H and O–H groups in total. The van der Waals surface area contributed by atoms with Crippen molar-refractivity contribution in [2.75, 3.05) is 0 Å². The summed E-state index contributed by atoms with van der Waals surface area (Å²) in [7, 11) is 0. The molecule has 3 heterocycles. The van der Waals surface area contributed by atoms with Crippen LogP contribution in [0.3, 0.4) is 0 Å². The van der Waals surface area contributed by atoms with Crippen LogP contribution in [-0.4, -0.2) is 14.6 Å². The zero-order valence-corrected chi connectivity index (χ0v) is 21.0. The first-order chi connectivity index (χ1) is 17.3. The van der Waals surface area contributed by atoms with Gasteiger partial charge in [-0.25, -0.2) is 0 Å². The van der Waals surface area contributed by atoms with Crippen LogP contribution >= 0.6 is 11.3 Å². The Morgan fingerprint density at radius 1 is 0.639 bits per heavy atom. The lowest BCUT2D eigenvalue weighted by Gasteiger charge is -2.19. The minimum absolute atomic E-state index is 0.0250. The Labute approximate surface area is 210 Å². The van der Waals surface area contributed by atoms with Gasteiger partial charge in [0.05, 0.1) is 21.9 Å². The van der Waals surface area contributed by atoms with Crippen molar-refractivity contribution in [1.29, 1.82) is 0 Å². The summed E-state index contributed by atoms with van der Waals surface area (Å²) in [5.74, 6) is 0.620. The van der Waals surface area contributed by atoms with Crippen molar-refractivity contribution in [2.24, 2.45) is 0 Å². The molecule has 0 amide bonds. The van der Waals surface area contributed by atoms with Crippen LogP contribution in [0.1, 0.15) is 26.3 Å². The van der Waals surface area contributed by atoms with E-state index < -0.39 is 0 Å². The van der Waals surface area contributed by atoms with Gasteiger partial charge in [-0.1, -0.05) is 26.8 Å². The molecule has 0 aliphatic carbocycles. The topological polar surface area (TPSA) is 44.9 Å². The van der Waals surface area contributed by atoms with Gasteiger partial charge in [0.25, 0.3) is 0 Å². The third kappa shape index (κ3) is 2.47. The molecular formula is C32H23NO2S. The number of hydrogen-bond acceptors (Lipinski definition) is 3. The number of phenols is 2. The summed E-state index contributed by atoms with van der Waals surface area (Å²) in [6.07, 6.45) is 0. The van der Waals surface area contributed by atoms with E-state index in [2.05, 4.69) is 73.7 Å². The number of hydrogen-bond donors (Lipinski definition) is 2. The Hall–Kier alpha value is -4.02. The largest absolute Gasteiger partial charge is 0.508 e. The van der Waals surface area contributed by atoms with Crippen molar-refractivity contribution in [1.82, 2.24) is 4.40 Å². The summed E-state index contributed by atoms with van der Waals surface area (Å²) in [6.45, 7) is 6.67. The second-order valence-electron chi connectivity index (χ2n) is 11.0. The van der Waals surface area contributed by atoms with Gasteiger partial charge in [-0.15, -0.1) is 11.3 Å². The highest BCUT2D eigenvalue weighted by Crippen LogP contribution is 2.45. The average molecular weight is 486 g/mol. The third-order valence-corrected chi connectivity index (χ3v) is 8.94. The zero-order chi connectivity index (χ0) is 24.5. The minimum Gasteiger partial charge on any atom is -0.508 e. The van der Waals surface area contributed by atoms with Crippen molar-refractivity contribution in [3.63, 3.8) is 0 Å². The third-order valence-electron chi connectivity index (χ3n) is 7.81. The second kappa shape index (κ2) is 6.40. The molecule has 0 saturated carbocycles. The number of aromatic hydroxyl groups is 2. The molecule has 0 fully saturated rings. The van der Waals surface area contributed by atoms with Crippen LogP contribution in [0.15, 0.2) is 72.8 Å². The van der Waals surface area contributed by atoms with Crippen molar-refractivity contribution in [2.45, 2.75) is 26.2 Å². The van der Waals surface area contributed by atoms with E-state index in [4.69, 9.17) is 0 Å². The fourth-order valence-corrected chi connectivity index (χ4v) is 7.13. The van der Waals surface area contributed by atoms with Crippen molar-refractivity contribution >= 4 is 80.4 Å². The number of benzene rings is 5. The molecule has 36 heavy (non-hydrogen) atoms. The highest BCUT2D eigenvalue weighted by Gasteiger charge is 2.22. The van der Waals surface area contributed by atoms with Crippen LogP contribution in [0, 0.1) is 0 Å². The lowest BCUT2D eigenvalue weighted by atomic mass is 9.86. The predicted octanol–water partition coefficient (Wildman–Crippen LogP) is 9.07. The van der Waals surface area contributed by atoms with Crippen LogP contribution < -0.4 is 0 Å². The van der Waals surface area contributed by atoms with Crippen molar-refractivity contribution in [3.05, 3.63) is 78.4 Å². The maximum atomic E-state index is 11.0. The molecule has 0 bridgehead atoms. The summed E-state index contributed by atoms with van der Waals surface area (Å²) in [6, 6.07) is 25.3. The van der Waals surface area contributed by atoms with E-state index in [1.54, 1.807) is 17.4 Å². The van der Waals surface area contributed by atoms with E-state index in [9.17, 15) is 10.2 Å². The fourth-order valence-electron chi connectivity index (χ4n) is 6.01. The van der Waals surface area contributed by atoms with Gasteiger partial charge in [-0.2, -0.15) is 0 Å². The molecule has 0 aliphatic heterocycles. The van der Waals surface area contributed by atoms with E-state index in [-0.39, 0.29) is 5.41 Å². The van der Waals surface area contributed by atoms with Crippen LogP contribution in [0.4, 0.5) is 0 Å². The molecule has 0 atom stereocenters. The van der Waals surface area contributed by atoms with Gasteiger partial charge in [0.1, 0.15) is 11.5 Å². The predicted molar refractivity (Wildman–Crippen MR) is 154 cm³/mol. The number of rotatable bonds is 0. The van der Waals surface area contributed by atoms with E-state index in [1.807, 2.05) is 18.2 Å². The van der Waals surface area contributed by atoms with Gasteiger partial charge in [0.2, 0.25) is 0 Å². The van der Waals surface area contributed by atoms with Gasteiger partial charge >= 0.3 is 0 Å². The first kappa shape index (κ1) is 20.2. The summed E-state index contributed by atoms with van der Waals surface area (Å²) in [4.78, 5) is 0. The Morgan fingerprint density at radius 3 is 2.25 bits per heavy atom. The van der Waals surface area contributed by atoms with E-state index >= 15 is 0 Å². The lowest BCUT2D eigenvalue weighted by molar-refractivity contribution is 0.476. The Kier molecular flexibility index (Phi) is 3.59. The Balaban J connectivity index is 1.55. The normalized spacial score (nSPS) is 13.1. The lowest BCUT2D eigenvalue weighted by Crippen LogP contribution is -2.10. The quantitative estimate of drug-likeness (QED) is 0.225. The molecular weight excluding hydrogens is 462 g/mol. The SMILES string of the molecule is CC(C)(C)c1ccc2c(c1)c1c(O)ccc3c4cc5cc6sc7ccc(O)cc7c6cc5cc4n2c31. The van der Waals surface area contributed by atoms with Crippen LogP contribution in [-0.2, 0) is 5.41 Å². The highest BCUT2D eigenvalue weighted by molar-refractivity contribution is 7.25. The Bertz CT molecular complexity index is 2210. The van der Waals surface area contributed by atoms with Gasteiger partial charge in [0.15, 0.2) is 0 Å². The minimum atomic E-state index is 0.0250. The monoisotopic (exact) mass is 485 g/mol. The molecule has 4 heteroatoms. The average Bonchev–Trinajstić information content (AvgIpc) is 3.47. The van der Waals surface area contributed by atoms with Crippen LogP contribution in [0.25, 0.3) is 69.0 Å². The standard InChI is InChI=1S/C32H23NO2S/c1-32(2,3)18-4-7-25-24(14-18)30-27(35)8-6-20-21-10-17-13-29-22(23-15-19(34)5-9-28(23)36-29)11-16(17)12-26(21)33(25)31(20)30/h4-15,34-35H,1-3H3. The smallest absolute Gasteiger partial charge is 0.125 e. The highest BCUT2D eigenvalue weighted by atomic mass is 32.1. The molecule has 0 radical (unpaired) electrons. The molecule has 8 rings (SSSR count). The van der Waals surface area contributed by atoms with E-state index in [1.165, 1.54) is 36.5 Å². The molecule has 0 aliphatic rings. The van der Waals surface area contributed by atoms with Gasteiger partial charge in [-0.3, -0.25) is 0 Å². The maximum Gasteiger partial charge on any atom is 0.125 e. The molecule has 0 saturated heterocycles. The number of fused-ring (bicyclic) bond motifs is 10. The van der Waals surface area contributed by atoms with E-state index in [0.29, 0.717) is 11.5 Å². The molecule has 0 unspecified atom stereocenters. The summed E-state index contributed by atoms with van der Waals surface area (Å²) >= 11 is 1.76. The first-order valence-electron chi connectivity index (χ1n) is 12.2. The maximum absolute atomic E-state index is 11.0. The van der Waals surface area contributed by atoms with Gasteiger partial charge in [-0.05, 0) is 88.5 Å². The number of aromatic nitrogens is 1. The zero-order valence-electron chi connectivity index (χ0n) is 20.2. The van der Waals surface area contributed by atoms with Crippen molar-refractivity contribution in [3.8, 4) is 11.5 Å². The summed E-state index contributed by atoms with van der Waals surface area (Å²) in [5, 5.41) is 30.1. The van der Waals surface area contributed by atoms with Crippen LogP contribution in [0.5, 0.6) is 11.5 Å². The molecule has 3 aromatic heterocycles. The fraction of sp³-hybridized carbons (Fsp3) is 0.125. The molecule has 3 nitrogen and oxygen atoms in total. The molecule has 174 valence electrons. The second-order valence-corrected chi connectivity index (χ2v) is 12.1. The Morgan fingerprint density at radius 2 is 1.42 bits per heavy atom. The molecule has 0 spiro atoms. The summed E-state index contributed by atoms with van der Waals surface area (Å²) < 4.78 is 4.72. The molecule has 8 aromatic rings. The number of nitrogens with zero attached hydrogens (tertiary/aromatic N) is 1. The van der Waals surface area contributed by atoms with Crippen molar-refractivity contribution < 1.29 is 10.2 Å². The van der Waals surface area contributed by atoms with Gasteiger partial charge < -0.3 is 14.6 Å². The number of phenolic OH excluding ortho intramolecular Hbond substituents is 2. The van der Waals surface area contributed by atoms with Gasteiger partial charge in [0, 0.05) is 36.3 Å². The van der Waals surface area contributed by atoms with E-state index in [0.717, 1.165) is 38.1 Å². The first-order valence-corrected chi connectivity index (χ1v) is 13.0.